The third kappa shape index (κ3) is 3.73. The molecule has 1 aromatic rings. The van der Waals surface area contributed by atoms with Crippen LogP contribution in [0.5, 0.6) is 0 Å². The Hall–Kier alpha value is -1.45. The highest BCUT2D eigenvalue weighted by Gasteiger charge is 2.41. The molecule has 140 valence electrons. The third-order valence-electron chi connectivity index (χ3n) is 5.47. The summed E-state index contributed by atoms with van der Waals surface area (Å²) in [6.07, 6.45) is 7.43. The maximum absolute atomic E-state index is 12.8. The number of carbonyl (C=O) groups excluding carboxylic acids is 1. The van der Waals surface area contributed by atoms with Gasteiger partial charge < -0.3 is 5.32 Å². The van der Waals surface area contributed by atoms with Crippen LogP contribution in [0.3, 0.4) is 0 Å². The molecule has 1 aliphatic heterocycles. The minimum atomic E-state index is -3.72. The normalized spacial score (nSPS) is 28.0. The largest absolute Gasteiger partial charge is 0.352 e. The second-order valence-electron chi connectivity index (χ2n) is 7.10. The fourth-order valence-corrected chi connectivity index (χ4v) is 4.98. The van der Waals surface area contributed by atoms with Gasteiger partial charge in [-0.05, 0) is 26.2 Å². The molecule has 2 fully saturated rings. The van der Waals surface area contributed by atoms with Gasteiger partial charge in [0, 0.05) is 31.4 Å². The van der Waals surface area contributed by atoms with Gasteiger partial charge in [-0.3, -0.25) is 9.48 Å². The molecule has 2 heterocycles. The molecule has 1 amide bonds. The predicted molar refractivity (Wildman–Crippen MR) is 93.9 cm³/mol. The number of nitrogens with zero attached hydrogens (tertiary/aromatic N) is 3. The number of likely N-dealkylation sites (N-methyl/N-ethyl adjacent to an activating group) is 1. The Bertz CT molecular complexity index is 739. The molecule has 2 atom stereocenters. The predicted octanol–water partition coefficient (Wildman–Crippen LogP) is 0.757. The quantitative estimate of drug-likeness (QED) is 0.822. The van der Waals surface area contributed by atoms with Crippen LogP contribution in [0.1, 0.15) is 55.8 Å². The van der Waals surface area contributed by atoms with Crippen LogP contribution in [0.2, 0.25) is 0 Å². The molecule has 0 aromatic carbocycles. The van der Waals surface area contributed by atoms with E-state index < -0.39 is 22.3 Å². The minimum absolute atomic E-state index is 0.158. The van der Waals surface area contributed by atoms with Crippen molar-refractivity contribution in [2.75, 3.05) is 7.05 Å². The van der Waals surface area contributed by atoms with E-state index in [4.69, 9.17) is 0 Å². The smallest absolute Gasteiger partial charge is 0.280 e. The first-order valence-corrected chi connectivity index (χ1v) is 10.3. The molecule has 9 heteroatoms. The molecular weight excluding hydrogens is 342 g/mol. The molecule has 0 spiro atoms. The van der Waals surface area contributed by atoms with E-state index in [9.17, 15) is 13.2 Å². The molecule has 0 bridgehead atoms. The summed E-state index contributed by atoms with van der Waals surface area (Å²) in [6.45, 7) is 1.89. The zero-order chi connectivity index (χ0) is 18.2. The van der Waals surface area contributed by atoms with Gasteiger partial charge in [0.2, 0.25) is 5.91 Å². The fraction of sp³-hybridized carbons (Fsp3) is 0.750. The molecule has 8 nitrogen and oxygen atoms in total. The first-order chi connectivity index (χ1) is 11.8. The van der Waals surface area contributed by atoms with Crippen molar-refractivity contribution in [3.8, 4) is 0 Å². The Labute approximate surface area is 149 Å². The average molecular weight is 369 g/mol. The summed E-state index contributed by atoms with van der Waals surface area (Å²) in [5, 5.41) is 7.24. The number of hydrogen-bond donors (Lipinski definition) is 2. The monoisotopic (exact) mass is 369 g/mol. The van der Waals surface area contributed by atoms with Gasteiger partial charge in [0.25, 0.3) is 10.2 Å². The molecule has 0 radical (unpaired) electrons. The number of nitrogens with one attached hydrogen (secondary N) is 2. The molecule has 2 aliphatic rings. The summed E-state index contributed by atoms with van der Waals surface area (Å²) < 4.78 is 30.5. The Kier molecular flexibility index (Phi) is 5.17. The van der Waals surface area contributed by atoms with Crippen LogP contribution in [-0.2, 0) is 22.1 Å². The van der Waals surface area contributed by atoms with Crippen molar-refractivity contribution in [1.29, 1.82) is 0 Å². The van der Waals surface area contributed by atoms with Crippen LogP contribution in [0.4, 0.5) is 0 Å². The Morgan fingerprint density at radius 2 is 1.96 bits per heavy atom. The number of aryl methyl sites for hydroxylation is 1. The molecule has 0 unspecified atom stereocenters. The summed E-state index contributed by atoms with van der Waals surface area (Å²) >= 11 is 0. The van der Waals surface area contributed by atoms with E-state index in [0.29, 0.717) is 6.42 Å². The van der Waals surface area contributed by atoms with Gasteiger partial charge in [0.15, 0.2) is 0 Å². The van der Waals surface area contributed by atoms with Gasteiger partial charge >= 0.3 is 0 Å². The summed E-state index contributed by atoms with van der Waals surface area (Å²) in [7, 11) is -0.443. The molecule has 2 N–H and O–H groups in total. The first kappa shape index (κ1) is 18.3. The van der Waals surface area contributed by atoms with Gasteiger partial charge in [0.05, 0.1) is 12.2 Å². The van der Waals surface area contributed by atoms with E-state index in [1.807, 2.05) is 14.0 Å². The highest BCUT2D eigenvalue weighted by Crippen LogP contribution is 2.29. The lowest BCUT2D eigenvalue weighted by atomic mass is 9.94. The van der Waals surface area contributed by atoms with E-state index >= 15 is 0 Å². The highest BCUT2D eigenvalue weighted by atomic mass is 32.2. The minimum Gasteiger partial charge on any atom is -0.352 e. The maximum Gasteiger partial charge on any atom is 0.280 e. The Morgan fingerprint density at radius 3 is 2.56 bits per heavy atom. The molecule has 1 saturated heterocycles. The maximum atomic E-state index is 12.8. The summed E-state index contributed by atoms with van der Waals surface area (Å²) in [4.78, 5) is 12.8. The van der Waals surface area contributed by atoms with Crippen molar-refractivity contribution in [3.05, 3.63) is 17.5 Å². The molecule has 3 rings (SSSR count). The van der Waals surface area contributed by atoms with E-state index in [-0.39, 0.29) is 11.9 Å². The summed E-state index contributed by atoms with van der Waals surface area (Å²) in [5.41, 5.74) is 1.71. The fourth-order valence-electron chi connectivity index (χ4n) is 3.71. The number of rotatable bonds is 3. The van der Waals surface area contributed by atoms with E-state index in [1.165, 1.54) is 13.5 Å². The lowest BCUT2D eigenvalue weighted by Crippen LogP contribution is -2.58. The number of aromatic nitrogens is 2. The zero-order valence-electron chi connectivity index (χ0n) is 15.0. The van der Waals surface area contributed by atoms with Gasteiger partial charge in [0.1, 0.15) is 6.04 Å². The van der Waals surface area contributed by atoms with Crippen LogP contribution in [0, 0.1) is 6.92 Å². The van der Waals surface area contributed by atoms with Crippen LogP contribution >= 0.6 is 0 Å². The van der Waals surface area contributed by atoms with E-state index in [0.717, 1.165) is 41.2 Å². The Balaban J connectivity index is 1.79. The topological polar surface area (TPSA) is 96.3 Å². The number of amides is 1. The van der Waals surface area contributed by atoms with Gasteiger partial charge in [-0.1, -0.05) is 19.3 Å². The van der Waals surface area contributed by atoms with Crippen LogP contribution in [0.25, 0.3) is 0 Å². The van der Waals surface area contributed by atoms with Crippen LogP contribution in [-0.4, -0.2) is 47.5 Å². The standard InChI is InChI=1S/C16H27N5O3S/c1-11-13(10-17-20(11)2)14-9-15(21(3)25(23,24)19-14)16(22)18-12-7-5-4-6-8-12/h10,12,14-15,19H,4-9H2,1-3H3,(H,18,22)/t14-,15+/m0/s1. The highest BCUT2D eigenvalue weighted by molar-refractivity contribution is 7.87. The van der Waals surface area contributed by atoms with E-state index in [2.05, 4.69) is 15.1 Å². The van der Waals surface area contributed by atoms with Gasteiger partial charge in [-0.15, -0.1) is 0 Å². The lowest BCUT2D eigenvalue weighted by Gasteiger charge is -2.37. The number of hydrogen-bond acceptors (Lipinski definition) is 4. The van der Waals surface area contributed by atoms with Crippen molar-refractivity contribution in [2.24, 2.45) is 7.05 Å². The van der Waals surface area contributed by atoms with Gasteiger partial charge in [-0.25, -0.2) is 0 Å². The summed E-state index contributed by atoms with van der Waals surface area (Å²) in [6, 6.07) is -0.999. The molecule has 25 heavy (non-hydrogen) atoms. The van der Waals surface area contributed by atoms with E-state index in [1.54, 1.807) is 10.9 Å². The van der Waals surface area contributed by atoms with Crippen LogP contribution < -0.4 is 10.0 Å². The average Bonchev–Trinajstić information content (AvgIpc) is 2.90. The van der Waals surface area contributed by atoms with Crippen molar-refractivity contribution in [1.82, 2.24) is 24.1 Å². The molecule has 1 saturated carbocycles. The first-order valence-electron chi connectivity index (χ1n) is 8.83. The van der Waals surface area contributed by atoms with Crippen molar-refractivity contribution in [3.63, 3.8) is 0 Å². The Morgan fingerprint density at radius 1 is 1.28 bits per heavy atom. The van der Waals surface area contributed by atoms with Crippen molar-refractivity contribution >= 4 is 16.1 Å². The number of carbonyl (C=O) groups is 1. The van der Waals surface area contributed by atoms with Crippen molar-refractivity contribution < 1.29 is 13.2 Å². The zero-order valence-corrected chi connectivity index (χ0v) is 15.8. The lowest BCUT2D eigenvalue weighted by molar-refractivity contribution is -0.126. The second-order valence-corrected chi connectivity index (χ2v) is 8.86. The molecular formula is C16H27N5O3S. The molecule has 1 aliphatic carbocycles. The summed E-state index contributed by atoms with van der Waals surface area (Å²) in [5.74, 6) is -0.203. The third-order valence-corrected chi connectivity index (χ3v) is 7.07. The SMILES string of the molecule is Cc1c([C@@H]2C[C@H](C(=O)NC3CCCCC3)N(C)S(=O)(=O)N2)cnn1C. The van der Waals surface area contributed by atoms with Gasteiger partial charge in [-0.2, -0.15) is 22.5 Å². The van der Waals surface area contributed by atoms with Crippen molar-refractivity contribution in [2.45, 2.75) is 63.6 Å². The van der Waals surface area contributed by atoms with Crippen LogP contribution in [0.15, 0.2) is 6.20 Å². The molecule has 1 aromatic heterocycles. The second kappa shape index (κ2) is 7.05.